The van der Waals surface area contributed by atoms with E-state index >= 15 is 0 Å². The number of aliphatic carboxylic acids is 1. The van der Waals surface area contributed by atoms with Gasteiger partial charge in [0.05, 0.1) is 18.1 Å². The highest BCUT2D eigenvalue weighted by Crippen LogP contribution is 2.19. The highest BCUT2D eigenvalue weighted by molar-refractivity contribution is 5.84. The number of amides is 1. The molecule has 1 atom stereocenters. The summed E-state index contributed by atoms with van der Waals surface area (Å²) in [5.74, 6) is -1.20. The molecule has 0 aliphatic carbocycles. The van der Waals surface area contributed by atoms with Gasteiger partial charge in [0.25, 0.3) is 0 Å². The van der Waals surface area contributed by atoms with Crippen LogP contribution in [0.1, 0.15) is 33.1 Å². The van der Waals surface area contributed by atoms with E-state index in [-0.39, 0.29) is 18.4 Å². The molecule has 2 N–H and O–H groups in total. The van der Waals surface area contributed by atoms with Gasteiger partial charge in [-0.3, -0.25) is 9.59 Å². The fourth-order valence-electron chi connectivity index (χ4n) is 1.73. The molecule has 110 valence electrons. The Morgan fingerprint density at radius 1 is 1.47 bits per heavy atom. The molecule has 0 aromatic rings. The van der Waals surface area contributed by atoms with E-state index in [0.717, 1.165) is 19.4 Å². The smallest absolute Gasteiger partial charge is 0.309 e. The Balaban J connectivity index is 2.05. The van der Waals surface area contributed by atoms with Crippen molar-refractivity contribution in [1.29, 1.82) is 0 Å². The van der Waals surface area contributed by atoms with Crippen LogP contribution in [0.4, 0.5) is 0 Å². The number of carboxylic acid groups (broad SMARTS) is 1. The minimum Gasteiger partial charge on any atom is -0.481 e. The van der Waals surface area contributed by atoms with E-state index in [4.69, 9.17) is 14.6 Å². The minimum absolute atomic E-state index is 0.0142. The third kappa shape index (κ3) is 6.02. The number of carboxylic acids is 1. The van der Waals surface area contributed by atoms with Crippen LogP contribution in [0, 0.1) is 5.41 Å². The lowest BCUT2D eigenvalue weighted by Crippen LogP contribution is -2.34. The predicted molar refractivity (Wildman–Crippen MR) is 68.8 cm³/mol. The molecule has 0 aromatic carbocycles. The van der Waals surface area contributed by atoms with Crippen molar-refractivity contribution in [2.24, 2.45) is 5.41 Å². The van der Waals surface area contributed by atoms with Gasteiger partial charge in [-0.05, 0) is 26.7 Å². The van der Waals surface area contributed by atoms with Crippen LogP contribution >= 0.6 is 0 Å². The number of ether oxygens (including phenoxy) is 2. The van der Waals surface area contributed by atoms with Gasteiger partial charge in [-0.25, -0.2) is 0 Å². The van der Waals surface area contributed by atoms with E-state index in [1.54, 1.807) is 0 Å². The molecule has 1 unspecified atom stereocenters. The Hall–Kier alpha value is -1.14. The number of hydrogen-bond acceptors (Lipinski definition) is 4. The Kier molecular flexibility index (Phi) is 6.24. The Morgan fingerprint density at radius 2 is 2.21 bits per heavy atom. The van der Waals surface area contributed by atoms with Gasteiger partial charge in [0.15, 0.2) is 0 Å². The van der Waals surface area contributed by atoms with Gasteiger partial charge in [-0.15, -0.1) is 0 Å². The van der Waals surface area contributed by atoms with Crippen LogP contribution < -0.4 is 5.32 Å². The van der Waals surface area contributed by atoms with Crippen molar-refractivity contribution >= 4 is 11.9 Å². The molecule has 0 aromatic heterocycles. The monoisotopic (exact) mass is 273 g/mol. The fraction of sp³-hybridized carbons (Fsp3) is 0.846. The second-order valence-corrected chi connectivity index (χ2v) is 5.43. The van der Waals surface area contributed by atoms with Crippen molar-refractivity contribution in [3.8, 4) is 0 Å². The molecule has 0 saturated carbocycles. The lowest BCUT2D eigenvalue weighted by Gasteiger charge is -2.18. The third-order valence-corrected chi connectivity index (χ3v) is 3.07. The van der Waals surface area contributed by atoms with Crippen molar-refractivity contribution in [3.05, 3.63) is 0 Å². The first kappa shape index (κ1) is 15.9. The van der Waals surface area contributed by atoms with Crippen LogP contribution in [0.3, 0.4) is 0 Å². The normalized spacial score (nSPS) is 19.4. The van der Waals surface area contributed by atoms with Crippen LogP contribution in [-0.2, 0) is 19.1 Å². The van der Waals surface area contributed by atoms with Gasteiger partial charge in [0.1, 0.15) is 0 Å². The van der Waals surface area contributed by atoms with E-state index < -0.39 is 11.4 Å². The number of rotatable bonds is 8. The Bertz CT molecular complexity index is 310. The maximum atomic E-state index is 11.5. The highest BCUT2D eigenvalue weighted by Gasteiger charge is 2.29. The number of hydrogen-bond donors (Lipinski definition) is 2. The topological polar surface area (TPSA) is 84.9 Å². The van der Waals surface area contributed by atoms with Crippen LogP contribution in [0.2, 0.25) is 0 Å². The van der Waals surface area contributed by atoms with Crippen molar-refractivity contribution in [2.45, 2.75) is 39.2 Å². The van der Waals surface area contributed by atoms with Crippen LogP contribution in [-0.4, -0.2) is 49.5 Å². The summed E-state index contributed by atoms with van der Waals surface area (Å²) in [7, 11) is 0. The average Bonchev–Trinajstić information content (AvgIpc) is 2.80. The van der Waals surface area contributed by atoms with Crippen LogP contribution in [0.5, 0.6) is 0 Å². The van der Waals surface area contributed by atoms with Crippen molar-refractivity contribution in [2.75, 3.05) is 26.4 Å². The SMILES string of the molecule is CC(C)(CC(=O)NCCCOC1CCOC1)C(=O)O. The predicted octanol–water partition coefficient (Wildman–Crippen LogP) is 0.799. The summed E-state index contributed by atoms with van der Waals surface area (Å²) in [6, 6.07) is 0. The fourth-order valence-corrected chi connectivity index (χ4v) is 1.73. The van der Waals surface area contributed by atoms with E-state index in [1.807, 2.05) is 0 Å². The molecule has 0 spiro atoms. The van der Waals surface area contributed by atoms with E-state index in [2.05, 4.69) is 5.32 Å². The molecular weight excluding hydrogens is 250 g/mol. The second kappa shape index (κ2) is 7.45. The Labute approximate surface area is 113 Å². The molecule has 1 fully saturated rings. The number of carbonyl (C=O) groups is 2. The zero-order valence-corrected chi connectivity index (χ0v) is 11.6. The summed E-state index contributed by atoms with van der Waals surface area (Å²) >= 11 is 0. The van der Waals surface area contributed by atoms with Gasteiger partial charge in [0, 0.05) is 26.2 Å². The molecule has 1 heterocycles. The molecule has 1 aliphatic heterocycles. The zero-order chi connectivity index (χ0) is 14.3. The molecule has 6 nitrogen and oxygen atoms in total. The third-order valence-electron chi connectivity index (χ3n) is 3.07. The quantitative estimate of drug-likeness (QED) is 0.639. The average molecular weight is 273 g/mol. The second-order valence-electron chi connectivity index (χ2n) is 5.43. The standard InChI is InChI=1S/C13H23NO5/c1-13(2,12(16)17)8-11(15)14-5-3-6-19-10-4-7-18-9-10/h10H,3-9H2,1-2H3,(H,14,15)(H,16,17). The lowest BCUT2D eigenvalue weighted by molar-refractivity contribution is -0.149. The Morgan fingerprint density at radius 3 is 2.79 bits per heavy atom. The zero-order valence-electron chi connectivity index (χ0n) is 11.6. The summed E-state index contributed by atoms with van der Waals surface area (Å²) in [6.45, 7) is 5.57. The van der Waals surface area contributed by atoms with E-state index in [9.17, 15) is 9.59 Å². The van der Waals surface area contributed by atoms with E-state index in [1.165, 1.54) is 13.8 Å². The molecule has 0 bridgehead atoms. The van der Waals surface area contributed by atoms with Gasteiger partial charge < -0.3 is 19.9 Å². The van der Waals surface area contributed by atoms with Crippen molar-refractivity contribution in [1.82, 2.24) is 5.32 Å². The summed E-state index contributed by atoms with van der Waals surface area (Å²) in [5, 5.41) is 11.6. The summed E-state index contributed by atoms with van der Waals surface area (Å²) in [4.78, 5) is 22.4. The van der Waals surface area contributed by atoms with Crippen molar-refractivity contribution < 1.29 is 24.2 Å². The van der Waals surface area contributed by atoms with Gasteiger partial charge >= 0.3 is 5.97 Å². The van der Waals surface area contributed by atoms with Gasteiger partial charge in [0.2, 0.25) is 5.91 Å². The van der Waals surface area contributed by atoms with Crippen LogP contribution in [0.15, 0.2) is 0 Å². The molecule has 1 saturated heterocycles. The first-order chi connectivity index (χ1) is 8.92. The minimum atomic E-state index is -1.03. The first-order valence-corrected chi connectivity index (χ1v) is 6.61. The maximum Gasteiger partial charge on any atom is 0.309 e. The summed E-state index contributed by atoms with van der Waals surface area (Å²) in [6.07, 6.45) is 1.82. The molecule has 0 radical (unpaired) electrons. The molecule has 1 amide bonds. The number of carbonyl (C=O) groups excluding carboxylic acids is 1. The molecular formula is C13H23NO5. The number of nitrogens with one attached hydrogen (secondary N) is 1. The maximum absolute atomic E-state index is 11.5. The molecule has 19 heavy (non-hydrogen) atoms. The molecule has 1 rings (SSSR count). The first-order valence-electron chi connectivity index (χ1n) is 6.61. The van der Waals surface area contributed by atoms with E-state index in [0.29, 0.717) is 19.8 Å². The molecule has 6 heteroatoms. The molecule has 1 aliphatic rings. The van der Waals surface area contributed by atoms with Gasteiger partial charge in [-0.2, -0.15) is 0 Å². The summed E-state index contributed by atoms with van der Waals surface area (Å²) < 4.78 is 10.7. The largest absolute Gasteiger partial charge is 0.481 e. The van der Waals surface area contributed by atoms with Crippen LogP contribution in [0.25, 0.3) is 0 Å². The van der Waals surface area contributed by atoms with Gasteiger partial charge in [-0.1, -0.05) is 0 Å². The summed E-state index contributed by atoms with van der Waals surface area (Å²) in [5.41, 5.74) is -1.03. The highest BCUT2D eigenvalue weighted by atomic mass is 16.5. The lowest BCUT2D eigenvalue weighted by atomic mass is 9.89. The van der Waals surface area contributed by atoms with Crippen molar-refractivity contribution in [3.63, 3.8) is 0 Å².